The molecule has 0 saturated carbocycles. The smallest absolute Gasteiger partial charge is 0.214 e. The number of nitrogens with zero attached hydrogens (tertiary/aromatic N) is 2. The number of aromatic nitrogens is 1. The molecule has 2 N–H and O–H groups in total. The Labute approximate surface area is 120 Å². The number of morpholine rings is 1. The number of sulfonamides is 1. The Morgan fingerprint density at radius 3 is 2.80 bits per heavy atom. The van der Waals surface area contributed by atoms with Gasteiger partial charge in [0.1, 0.15) is 0 Å². The summed E-state index contributed by atoms with van der Waals surface area (Å²) in [6, 6.07) is 3.53. The minimum Gasteiger partial charge on any atom is -0.374 e. The van der Waals surface area contributed by atoms with E-state index in [4.69, 9.17) is 10.5 Å². The van der Waals surface area contributed by atoms with E-state index >= 15 is 0 Å². The van der Waals surface area contributed by atoms with Gasteiger partial charge in [0.25, 0.3) is 0 Å². The third-order valence-electron chi connectivity index (χ3n) is 3.47. The minimum absolute atomic E-state index is 0.0959. The SMILES string of the molecule is CC1COC(CN)CN1S(=O)(=O)CCc1ccncc1. The predicted molar refractivity (Wildman–Crippen MR) is 76.7 cm³/mol. The Kier molecular flexibility index (Phi) is 5.09. The zero-order chi connectivity index (χ0) is 14.6. The van der Waals surface area contributed by atoms with Gasteiger partial charge in [-0.2, -0.15) is 4.31 Å². The number of pyridine rings is 1. The van der Waals surface area contributed by atoms with Crippen LogP contribution >= 0.6 is 0 Å². The zero-order valence-corrected chi connectivity index (χ0v) is 12.4. The Balaban J connectivity index is 2.01. The first-order chi connectivity index (χ1) is 9.53. The lowest BCUT2D eigenvalue weighted by Gasteiger charge is -2.36. The molecule has 0 spiro atoms. The van der Waals surface area contributed by atoms with Crippen LogP contribution in [0.2, 0.25) is 0 Å². The second kappa shape index (κ2) is 6.62. The molecule has 0 radical (unpaired) electrons. The number of nitrogens with two attached hydrogens (primary N) is 1. The molecule has 1 aromatic heterocycles. The molecule has 112 valence electrons. The molecule has 1 aromatic rings. The fraction of sp³-hybridized carbons (Fsp3) is 0.615. The summed E-state index contributed by atoms with van der Waals surface area (Å²) in [4.78, 5) is 3.92. The van der Waals surface area contributed by atoms with E-state index in [0.29, 0.717) is 26.1 Å². The molecule has 20 heavy (non-hydrogen) atoms. The Morgan fingerprint density at radius 1 is 1.45 bits per heavy atom. The molecule has 0 amide bonds. The fourth-order valence-electron chi connectivity index (χ4n) is 2.24. The van der Waals surface area contributed by atoms with E-state index in [-0.39, 0.29) is 17.9 Å². The lowest BCUT2D eigenvalue weighted by atomic mass is 10.2. The van der Waals surface area contributed by atoms with E-state index in [1.54, 1.807) is 12.4 Å². The van der Waals surface area contributed by atoms with Crippen molar-refractivity contribution < 1.29 is 13.2 Å². The van der Waals surface area contributed by atoms with Crippen molar-refractivity contribution in [2.24, 2.45) is 5.73 Å². The molecular formula is C13H21N3O3S. The summed E-state index contributed by atoms with van der Waals surface area (Å²) in [6.07, 6.45) is 3.62. The highest BCUT2D eigenvalue weighted by Crippen LogP contribution is 2.17. The van der Waals surface area contributed by atoms with E-state index < -0.39 is 10.0 Å². The monoisotopic (exact) mass is 299 g/mol. The maximum absolute atomic E-state index is 12.4. The van der Waals surface area contributed by atoms with Gasteiger partial charge < -0.3 is 10.5 Å². The van der Waals surface area contributed by atoms with Gasteiger partial charge in [-0.25, -0.2) is 8.42 Å². The van der Waals surface area contributed by atoms with E-state index in [1.807, 2.05) is 19.1 Å². The van der Waals surface area contributed by atoms with E-state index in [1.165, 1.54) is 4.31 Å². The molecule has 0 aliphatic carbocycles. The van der Waals surface area contributed by atoms with Gasteiger partial charge >= 0.3 is 0 Å². The van der Waals surface area contributed by atoms with Gasteiger partial charge in [0.2, 0.25) is 10.0 Å². The molecule has 1 saturated heterocycles. The highest BCUT2D eigenvalue weighted by molar-refractivity contribution is 7.89. The molecule has 1 fully saturated rings. The van der Waals surface area contributed by atoms with Crippen LogP contribution in [0.25, 0.3) is 0 Å². The second-order valence-corrected chi connectivity index (χ2v) is 7.07. The Morgan fingerprint density at radius 2 is 2.15 bits per heavy atom. The van der Waals surface area contributed by atoms with Gasteiger partial charge in [0, 0.05) is 31.5 Å². The maximum atomic E-state index is 12.4. The average Bonchev–Trinajstić information content (AvgIpc) is 2.47. The molecule has 2 heterocycles. The van der Waals surface area contributed by atoms with Crippen molar-refractivity contribution in [2.45, 2.75) is 25.5 Å². The van der Waals surface area contributed by atoms with E-state index in [9.17, 15) is 8.42 Å². The lowest BCUT2D eigenvalue weighted by Crippen LogP contribution is -2.53. The van der Waals surface area contributed by atoms with Gasteiger partial charge in [-0.3, -0.25) is 4.98 Å². The molecule has 6 nitrogen and oxygen atoms in total. The second-order valence-electron chi connectivity index (χ2n) is 5.03. The highest BCUT2D eigenvalue weighted by Gasteiger charge is 2.33. The fourth-order valence-corrected chi connectivity index (χ4v) is 3.97. The van der Waals surface area contributed by atoms with Gasteiger partial charge in [0.05, 0.1) is 18.5 Å². The van der Waals surface area contributed by atoms with Crippen LogP contribution in [0.5, 0.6) is 0 Å². The minimum atomic E-state index is -3.30. The number of aryl methyl sites for hydroxylation is 1. The van der Waals surface area contributed by atoms with Gasteiger partial charge in [-0.1, -0.05) is 0 Å². The maximum Gasteiger partial charge on any atom is 0.214 e. The summed E-state index contributed by atoms with van der Waals surface area (Å²) in [5, 5.41) is 0. The van der Waals surface area contributed by atoms with Gasteiger partial charge in [-0.15, -0.1) is 0 Å². The first kappa shape index (κ1) is 15.4. The number of hydrogen-bond acceptors (Lipinski definition) is 5. The van der Waals surface area contributed by atoms with Crippen LogP contribution in [0, 0.1) is 0 Å². The van der Waals surface area contributed by atoms with Crippen LogP contribution in [0.1, 0.15) is 12.5 Å². The summed E-state index contributed by atoms with van der Waals surface area (Å²) < 4.78 is 31.9. The third-order valence-corrected chi connectivity index (χ3v) is 5.41. The van der Waals surface area contributed by atoms with Crippen LogP contribution in [0.3, 0.4) is 0 Å². The number of hydrogen-bond donors (Lipinski definition) is 1. The summed E-state index contributed by atoms with van der Waals surface area (Å²) in [5.41, 5.74) is 6.54. The summed E-state index contributed by atoms with van der Waals surface area (Å²) in [5.74, 6) is 0.0959. The molecule has 2 unspecified atom stereocenters. The Bertz CT molecular complexity index is 521. The average molecular weight is 299 g/mol. The quantitative estimate of drug-likeness (QED) is 0.827. The summed E-state index contributed by atoms with van der Waals surface area (Å²) in [6.45, 7) is 2.94. The van der Waals surface area contributed by atoms with Crippen LogP contribution < -0.4 is 5.73 Å². The van der Waals surface area contributed by atoms with Crippen molar-refractivity contribution >= 4 is 10.0 Å². The van der Waals surface area contributed by atoms with Gasteiger partial charge in [-0.05, 0) is 31.0 Å². The van der Waals surface area contributed by atoms with Crippen LogP contribution in [0.4, 0.5) is 0 Å². The topological polar surface area (TPSA) is 85.5 Å². The van der Waals surface area contributed by atoms with E-state index in [2.05, 4.69) is 4.98 Å². The highest BCUT2D eigenvalue weighted by atomic mass is 32.2. The Hall–Kier alpha value is -1.02. The summed E-state index contributed by atoms with van der Waals surface area (Å²) >= 11 is 0. The lowest BCUT2D eigenvalue weighted by molar-refractivity contribution is -0.0219. The van der Waals surface area contributed by atoms with Crippen LogP contribution in [0.15, 0.2) is 24.5 Å². The largest absolute Gasteiger partial charge is 0.374 e. The molecule has 0 aromatic carbocycles. The molecular weight excluding hydrogens is 278 g/mol. The van der Waals surface area contributed by atoms with Crippen LogP contribution in [-0.4, -0.2) is 55.3 Å². The molecule has 2 rings (SSSR count). The van der Waals surface area contributed by atoms with Crippen molar-refractivity contribution in [3.05, 3.63) is 30.1 Å². The third kappa shape index (κ3) is 3.76. The number of ether oxygens (including phenoxy) is 1. The van der Waals surface area contributed by atoms with Crippen LogP contribution in [-0.2, 0) is 21.2 Å². The predicted octanol–water partition coefficient (Wildman–Crippen LogP) is 0.00190. The standard InChI is InChI=1S/C13H21N3O3S/c1-11-10-19-13(8-14)9-16(11)20(17,18)7-4-12-2-5-15-6-3-12/h2-3,5-6,11,13H,4,7-10,14H2,1H3. The number of rotatable bonds is 5. The molecule has 0 bridgehead atoms. The van der Waals surface area contributed by atoms with Crippen molar-refractivity contribution in [1.29, 1.82) is 0 Å². The van der Waals surface area contributed by atoms with Crippen molar-refractivity contribution in [2.75, 3.05) is 25.4 Å². The normalized spacial score (nSPS) is 24.7. The van der Waals surface area contributed by atoms with Crippen molar-refractivity contribution in [3.8, 4) is 0 Å². The first-order valence-electron chi connectivity index (χ1n) is 6.73. The zero-order valence-electron chi connectivity index (χ0n) is 11.6. The molecule has 1 aliphatic rings. The summed E-state index contributed by atoms with van der Waals surface area (Å²) in [7, 11) is -3.30. The van der Waals surface area contributed by atoms with Crippen molar-refractivity contribution in [3.63, 3.8) is 0 Å². The first-order valence-corrected chi connectivity index (χ1v) is 8.34. The molecule has 7 heteroatoms. The van der Waals surface area contributed by atoms with Crippen molar-refractivity contribution in [1.82, 2.24) is 9.29 Å². The van der Waals surface area contributed by atoms with E-state index in [0.717, 1.165) is 5.56 Å². The molecule has 1 aliphatic heterocycles. The molecule has 2 atom stereocenters. The van der Waals surface area contributed by atoms with Gasteiger partial charge in [0.15, 0.2) is 0 Å².